The largest absolute Gasteiger partial charge is 0.482 e. The first-order valence-corrected chi connectivity index (χ1v) is 8.05. The van der Waals surface area contributed by atoms with Crippen LogP contribution in [-0.2, 0) is 9.53 Å². The molecule has 0 fully saturated rings. The number of carbonyl (C=O) groups is 1. The lowest BCUT2D eigenvalue weighted by Gasteiger charge is -2.09. The molecule has 2 aromatic rings. The van der Waals surface area contributed by atoms with Crippen molar-refractivity contribution in [2.75, 3.05) is 6.61 Å². The first kappa shape index (κ1) is 18.0. The number of ether oxygens (including phenoxy) is 2. The molecule has 2 rings (SSSR count). The summed E-state index contributed by atoms with van der Waals surface area (Å²) in [5.41, 5.74) is 2.70. The third-order valence-electron chi connectivity index (χ3n) is 3.20. The maximum absolute atomic E-state index is 11.4. The number of benzene rings is 2. The van der Waals surface area contributed by atoms with Crippen LogP contribution in [0.4, 0.5) is 5.69 Å². The zero-order valence-electron chi connectivity index (χ0n) is 14.0. The summed E-state index contributed by atoms with van der Waals surface area (Å²) in [5, 5.41) is 0.696. The molecule has 0 saturated heterocycles. The van der Waals surface area contributed by atoms with Gasteiger partial charge in [0.1, 0.15) is 5.75 Å². The molecule has 24 heavy (non-hydrogen) atoms. The molecule has 2 aromatic carbocycles. The first-order valence-electron chi connectivity index (χ1n) is 7.67. The smallest absolute Gasteiger partial charge is 0.344 e. The summed E-state index contributed by atoms with van der Waals surface area (Å²) in [7, 11) is 0. The van der Waals surface area contributed by atoms with Crippen LogP contribution in [0.5, 0.6) is 5.75 Å². The highest BCUT2D eigenvalue weighted by Crippen LogP contribution is 2.25. The van der Waals surface area contributed by atoms with Gasteiger partial charge in [-0.15, -0.1) is 0 Å². The van der Waals surface area contributed by atoms with Crippen molar-refractivity contribution in [3.63, 3.8) is 0 Å². The van der Waals surface area contributed by atoms with Crippen LogP contribution in [0.1, 0.15) is 25.0 Å². The van der Waals surface area contributed by atoms with Crippen LogP contribution < -0.4 is 4.74 Å². The van der Waals surface area contributed by atoms with Gasteiger partial charge in [0.15, 0.2) is 6.61 Å². The molecule has 0 N–H and O–H groups in total. The molecule has 0 aliphatic carbocycles. The van der Waals surface area contributed by atoms with E-state index >= 15 is 0 Å². The van der Waals surface area contributed by atoms with E-state index in [9.17, 15) is 4.79 Å². The quantitative estimate of drug-likeness (QED) is 0.561. The number of hydrogen-bond acceptors (Lipinski definition) is 4. The van der Waals surface area contributed by atoms with Gasteiger partial charge in [-0.2, -0.15) is 0 Å². The molecular weight excluding hydrogens is 326 g/mol. The van der Waals surface area contributed by atoms with Gasteiger partial charge in [-0.25, -0.2) is 4.79 Å². The van der Waals surface area contributed by atoms with Crippen molar-refractivity contribution in [2.24, 2.45) is 4.99 Å². The van der Waals surface area contributed by atoms with Crippen molar-refractivity contribution in [1.82, 2.24) is 0 Å². The van der Waals surface area contributed by atoms with E-state index in [0.29, 0.717) is 10.8 Å². The molecule has 4 nitrogen and oxygen atoms in total. The zero-order valence-corrected chi connectivity index (χ0v) is 14.7. The highest BCUT2D eigenvalue weighted by Gasteiger charge is 2.06. The summed E-state index contributed by atoms with van der Waals surface area (Å²) in [6, 6.07) is 12.9. The average Bonchev–Trinajstić information content (AvgIpc) is 2.55. The van der Waals surface area contributed by atoms with Crippen LogP contribution in [0.3, 0.4) is 0 Å². The molecule has 0 aromatic heterocycles. The van der Waals surface area contributed by atoms with Crippen molar-refractivity contribution in [1.29, 1.82) is 0 Å². The molecule has 5 heteroatoms. The molecule has 0 amide bonds. The van der Waals surface area contributed by atoms with Gasteiger partial charge >= 0.3 is 5.97 Å². The third kappa shape index (κ3) is 5.39. The van der Waals surface area contributed by atoms with E-state index in [1.807, 2.05) is 37.3 Å². The van der Waals surface area contributed by atoms with E-state index in [1.165, 1.54) is 0 Å². The van der Waals surface area contributed by atoms with E-state index < -0.39 is 0 Å². The Labute approximate surface area is 147 Å². The molecule has 0 aliphatic rings. The summed E-state index contributed by atoms with van der Waals surface area (Å²) >= 11 is 6.08. The lowest BCUT2D eigenvalue weighted by atomic mass is 10.2. The molecular formula is C19H20ClNO3. The molecule has 0 atom stereocenters. The first-order chi connectivity index (χ1) is 11.5. The van der Waals surface area contributed by atoms with Crippen LogP contribution in [-0.4, -0.2) is 24.9 Å². The van der Waals surface area contributed by atoms with Crippen LogP contribution in [0.25, 0.3) is 0 Å². The second-order valence-corrected chi connectivity index (χ2v) is 5.95. The third-order valence-corrected chi connectivity index (χ3v) is 3.61. The van der Waals surface area contributed by atoms with Crippen LogP contribution in [0.2, 0.25) is 5.02 Å². The molecule has 0 saturated carbocycles. The summed E-state index contributed by atoms with van der Waals surface area (Å²) in [6.45, 7) is 5.43. The number of carbonyl (C=O) groups excluding carboxylic acids is 1. The Hall–Kier alpha value is -2.33. The van der Waals surface area contributed by atoms with E-state index in [0.717, 1.165) is 16.8 Å². The number of nitrogens with zero attached hydrogens (tertiary/aromatic N) is 1. The van der Waals surface area contributed by atoms with E-state index in [4.69, 9.17) is 21.1 Å². The second kappa shape index (κ2) is 8.50. The fourth-order valence-electron chi connectivity index (χ4n) is 1.97. The standard InChI is InChI=1S/C19H20ClNO3/c1-13(2)24-19(22)12-23-16-9-7-15(8-10-16)11-21-18-6-4-5-17(20)14(18)3/h4-11,13H,12H2,1-3H3. The fourth-order valence-corrected chi connectivity index (χ4v) is 2.14. The van der Waals surface area contributed by atoms with Crippen LogP contribution in [0.15, 0.2) is 47.5 Å². The SMILES string of the molecule is Cc1c(Cl)cccc1N=Cc1ccc(OCC(=O)OC(C)C)cc1. The Balaban J connectivity index is 1.95. The number of esters is 1. The van der Waals surface area contributed by atoms with Gasteiger partial charge < -0.3 is 9.47 Å². The molecule has 0 unspecified atom stereocenters. The maximum Gasteiger partial charge on any atom is 0.344 e. The van der Waals surface area contributed by atoms with Gasteiger partial charge in [0.05, 0.1) is 11.8 Å². The van der Waals surface area contributed by atoms with Crippen molar-refractivity contribution < 1.29 is 14.3 Å². The van der Waals surface area contributed by atoms with Crippen molar-refractivity contribution in [3.8, 4) is 5.75 Å². The lowest BCUT2D eigenvalue weighted by Crippen LogP contribution is -2.18. The predicted molar refractivity (Wildman–Crippen MR) is 96.6 cm³/mol. The molecule has 126 valence electrons. The van der Waals surface area contributed by atoms with Crippen molar-refractivity contribution in [3.05, 3.63) is 58.6 Å². The van der Waals surface area contributed by atoms with E-state index in [2.05, 4.69) is 4.99 Å². The van der Waals surface area contributed by atoms with Gasteiger partial charge in [0.25, 0.3) is 0 Å². The van der Waals surface area contributed by atoms with Gasteiger partial charge in [-0.05, 0) is 68.3 Å². The Kier molecular flexibility index (Phi) is 6.38. The monoisotopic (exact) mass is 345 g/mol. The van der Waals surface area contributed by atoms with Gasteiger partial charge in [0.2, 0.25) is 0 Å². The Morgan fingerprint density at radius 3 is 2.58 bits per heavy atom. The minimum atomic E-state index is -0.382. The summed E-state index contributed by atoms with van der Waals surface area (Å²) < 4.78 is 10.4. The molecule has 0 spiro atoms. The Bertz CT molecular complexity index is 724. The lowest BCUT2D eigenvalue weighted by molar-refractivity contribution is -0.149. The second-order valence-electron chi connectivity index (χ2n) is 5.54. The molecule has 0 bridgehead atoms. The van der Waals surface area contributed by atoms with Gasteiger partial charge in [-0.1, -0.05) is 17.7 Å². The van der Waals surface area contributed by atoms with Crippen LogP contribution in [0, 0.1) is 6.92 Å². The Morgan fingerprint density at radius 1 is 1.21 bits per heavy atom. The van der Waals surface area contributed by atoms with E-state index in [1.54, 1.807) is 32.2 Å². The number of halogens is 1. The highest BCUT2D eigenvalue weighted by atomic mass is 35.5. The summed E-state index contributed by atoms with van der Waals surface area (Å²) in [5.74, 6) is 0.221. The summed E-state index contributed by atoms with van der Waals surface area (Å²) in [6.07, 6.45) is 1.62. The fraction of sp³-hybridized carbons (Fsp3) is 0.263. The van der Waals surface area contributed by atoms with Crippen LogP contribution >= 0.6 is 11.6 Å². The summed E-state index contributed by atoms with van der Waals surface area (Å²) in [4.78, 5) is 15.9. The molecule has 0 heterocycles. The topological polar surface area (TPSA) is 47.9 Å². The minimum Gasteiger partial charge on any atom is -0.482 e. The zero-order chi connectivity index (χ0) is 17.5. The molecule has 0 radical (unpaired) electrons. The predicted octanol–water partition coefficient (Wildman–Crippen LogP) is 4.73. The average molecular weight is 346 g/mol. The van der Waals surface area contributed by atoms with Crippen molar-refractivity contribution >= 4 is 29.5 Å². The number of aliphatic imine (C=N–C) groups is 1. The number of rotatable bonds is 6. The maximum atomic E-state index is 11.4. The highest BCUT2D eigenvalue weighted by molar-refractivity contribution is 6.31. The van der Waals surface area contributed by atoms with E-state index in [-0.39, 0.29) is 18.7 Å². The number of hydrogen-bond donors (Lipinski definition) is 0. The normalized spacial score (nSPS) is 11.0. The Morgan fingerprint density at radius 2 is 1.92 bits per heavy atom. The van der Waals surface area contributed by atoms with Gasteiger partial charge in [0, 0.05) is 11.2 Å². The molecule has 0 aliphatic heterocycles. The van der Waals surface area contributed by atoms with Crippen molar-refractivity contribution in [2.45, 2.75) is 26.9 Å². The van der Waals surface area contributed by atoms with Gasteiger partial charge in [-0.3, -0.25) is 4.99 Å². The minimum absolute atomic E-state index is 0.104.